The second-order valence-corrected chi connectivity index (χ2v) is 24.8. The zero-order valence-corrected chi connectivity index (χ0v) is 52.3. The molecule has 0 aliphatic carbocycles. The highest BCUT2D eigenvalue weighted by atomic mass is 31.2. The minimum absolute atomic E-state index is 0.0375. The van der Waals surface area contributed by atoms with Gasteiger partial charge in [-0.15, -0.1) is 0 Å². The third-order valence-corrected chi connectivity index (χ3v) is 15.4. The van der Waals surface area contributed by atoms with Crippen LogP contribution in [-0.4, -0.2) is 74.3 Å². The molecular weight excluding hydrogens is 976 g/mol. The fraction of sp³-hybridized carbons (Fsp3) is 0.821. The Morgan fingerprint density at radius 3 is 1.27 bits per heavy atom. The molecule has 0 radical (unpaired) electrons. The number of allylic oxidation sites excluding steroid dienone is 9. The first-order valence-corrected chi connectivity index (χ1v) is 34.1. The Morgan fingerprint density at radius 1 is 0.468 bits per heavy atom. The fourth-order valence-electron chi connectivity index (χ4n) is 9.37. The Morgan fingerprint density at radius 2 is 0.831 bits per heavy atom. The van der Waals surface area contributed by atoms with Crippen molar-refractivity contribution in [1.29, 1.82) is 0 Å². The largest absolute Gasteiger partial charge is 0.472 e. The molecule has 2 N–H and O–H groups in total. The van der Waals surface area contributed by atoms with E-state index in [-0.39, 0.29) is 31.5 Å². The summed E-state index contributed by atoms with van der Waals surface area (Å²) in [5, 5.41) is 3.05. The molecule has 10 heteroatoms. The van der Waals surface area contributed by atoms with Crippen molar-refractivity contribution < 1.29 is 37.3 Å². The summed E-state index contributed by atoms with van der Waals surface area (Å²) in [7, 11) is 1.49. The predicted molar refractivity (Wildman–Crippen MR) is 332 cm³/mol. The van der Waals surface area contributed by atoms with Gasteiger partial charge >= 0.3 is 13.8 Å². The Balaban J connectivity index is 5.06. The number of ether oxygens (including phenoxy) is 1. The van der Waals surface area contributed by atoms with Crippen molar-refractivity contribution >= 4 is 19.7 Å². The number of phosphoric ester groups is 1. The smallest absolute Gasteiger partial charge is 0.456 e. The van der Waals surface area contributed by atoms with Crippen molar-refractivity contribution in [3.63, 3.8) is 0 Å². The van der Waals surface area contributed by atoms with Gasteiger partial charge in [-0.3, -0.25) is 18.6 Å². The number of quaternary nitrogens is 1. The zero-order valence-electron chi connectivity index (χ0n) is 51.5. The summed E-state index contributed by atoms with van der Waals surface area (Å²) in [4.78, 5) is 37.7. The lowest BCUT2D eigenvalue weighted by molar-refractivity contribution is -0.870. The van der Waals surface area contributed by atoms with Crippen LogP contribution < -0.4 is 5.32 Å². The predicted octanol–water partition coefficient (Wildman–Crippen LogP) is 20.2. The number of hydrogen-bond donors (Lipinski definition) is 2. The van der Waals surface area contributed by atoms with Gasteiger partial charge in [-0.2, -0.15) is 0 Å². The number of carbonyl (C=O) groups excluding carboxylic acids is 2. The molecule has 1 amide bonds. The summed E-state index contributed by atoms with van der Waals surface area (Å²) in [6.07, 6.45) is 72.3. The van der Waals surface area contributed by atoms with Crippen LogP contribution in [0.3, 0.4) is 0 Å². The van der Waals surface area contributed by atoms with Gasteiger partial charge in [0.05, 0.1) is 33.8 Å². The van der Waals surface area contributed by atoms with Crippen molar-refractivity contribution in [3.05, 3.63) is 60.8 Å². The normalized spacial score (nSPS) is 14.0. The van der Waals surface area contributed by atoms with E-state index in [1.807, 2.05) is 33.3 Å². The lowest BCUT2D eigenvalue weighted by Crippen LogP contribution is -2.47. The van der Waals surface area contributed by atoms with Gasteiger partial charge in [-0.05, 0) is 89.5 Å². The number of carbonyl (C=O) groups is 2. The fourth-order valence-corrected chi connectivity index (χ4v) is 10.1. The molecule has 0 rings (SSSR count). The number of rotatable bonds is 59. The maximum Gasteiger partial charge on any atom is 0.472 e. The second kappa shape index (κ2) is 57.0. The molecule has 0 aromatic rings. The first kappa shape index (κ1) is 74.7. The summed E-state index contributed by atoms with van der Waals surface area (Å²) in [5.41, 5.74) is 0. The van der Waals surface area contributed by atoms with Crippen LogP contribution in [0.1, 0.15) is 303 Å². The molecule has 0 fully saturated rings. The van der Waals surface area contributed by atoms with Gasteiger partial charge in [0.2, 0.25) is 5.91 Å². The highest BCUT2D eigenvalue weighted by Gasteiger charge is 2.30. The van der Waals surface area contributed by atoms with Crippen molar-refractivity contribution in [1.82, 2.24) is 5.32 Å². The van der Waals surface area contributed by atoms with Crippen LogP contribution >= 0.6 is 7.82 Å². The minimum atomic E-state index is -4.45. The van der Waals surface area contributed by atoms with E-state index in [2.05, 4.69) is 74.7 Å². The number of amides is 1. The molecule has 77 heavy (non-hydrogen) atoms. The third-order valence-electron chi connectivity index (χ3n) is 14.5. The number of likely N-dealkylation sites (N-methyl/N-ethyl adjacent to an activating group) is 1. The van der Waals surface area contributed by atoms with Gasteiger partial charge < -0.3 is 19.4 Å². The maximum atomic E-state index is 13.5. The molecule has 3 unspecified atom stereocenters. The standard InChI is InChI=1S/C67H125N2O7P/c1-7-10-13-16-19-22-25-27-29-30-31-32-33-34-35-36-37-38-40-42-45-48-51-54-57-60-67(71)76-65(58-55-52-49-46-43-24-21-18-15-12-9-3)64(63-75-77(72,73)74-62-61-69(4,5)6)68-66(70)59-56-53-50-47-44-41-39-28-26-23-20-17-14-11-8-2/h19-20,22-23,26-29,55,58,64-65H,7-18,21,24-25,30-54,56-57,59-63H2,1-6H3,(H-,68,70,72,73)/p+1/b22-19-,23-20+,28-26+,29-27-,58-55-. The van der Waals surface area contributed by atoms with Crippen molar-refractivity contribution in [2.24, 2.45) is 0 Å². The lowest BCUT2D eigenvalue weighted by Gasteiger charge is -2.27. The molecular formula is C67H126N2O7P+. The highest BCUT2D eigenvalue weighted by Crippen LogP contribution is 2.43. The van der Waals surface area contributed by atoms with Crippen LogP contribution in [0.15, 0.2) is 60.8 Å². The number of nitrogens with one attached hydrogen (secondary N) is 1. The molecule has 0 heterocycles. The van der Waals surface area contributed by atoms with Gasteiger partial charge in [0, 0.05) is 12.8 Å². The van der Waals surface area contributed by atoms with Crippen LogP contribution in [-0.2, 0) is 27.9 Å². The van der Waals surface area contributed by atoms with Crippen LogP contribution in [0, 0.1) is 0 Å². The van der Waals surface area contributed by atoms with E-state index in [0.717, 1.165) is 83.5 Å². The molecule has 0 aliphatic heterocycles. The van der Waals surface area contributed by atoms with E-state index in [1.54, 1.807) is 0 Å². The van der Waals surface area contributed by atoms with Crippen molar-refractivity contribution in [3.8, 4) is 0 Å². The number of phosphoric acid groups is 1. The van der Waals surface area contributed by atoms with Gasteiger partial charge in [0.15, 0.2) is 0 Å². The molecule has 3 atom stereocenters. The SMILES string of the molecule is CCCCC/C=C\C/C=C\CCCCCCCCCCCCCCCCCC(=O)OC(/C=C\CCCCCCCCCCC)C(COP(=O)(O)OCC[N+](C)(C)C)NC(=O)CCCCCCCC/C=C/C=C/CCCCC. The number of hydrogen-bond acceptors (Lipinski definition) is 6. The molecule has 0 aliphatic rings. The summed E-state index contributed by atoms with van der Waals surface area (Å²) in [6.45, 7) is 6.97. The molecule has 0 spiro atoms. The molecule has 0 saturated heterocycles. The van der Waals surface area contributed by atoms with E-state index in [0.29, 0.717) is 17.4 Å². The molecule has 0 bridgehead atoms. The van der Waals surface area contributed by atoms with Gasteiger partial charge in [0.1, 0.15) is 19.3 Å². The topological polar surface area (TPSA) is 111 Å². The van der Waals surface area contributed by atoms with E-state index >= 15 is 0 Å². The first-order valence-electron chi connectivity index (χ1n) is 32.6. The maximum absolute atomic E-state index is 13.5. The van der Waals surface area contributed by atoms with Gasteiger partial charge in [0.25, 0.3) is 0 Å². The molecule has 0 aromatic carbocycles. The summed E-state index contributed by atoms with van der Waals surface area (Å²) in [6, 6.07) is -0.854. The Hall–Kier alpha value is -2.29. The van der Waals surface area contributed by atoms with Gasteiger partial charge in [-0.25, -0.2) is 4.57 Å². The van der Waals surface area contributed by atoms with Crippen LogP contribution in [0.5, 0.6) is 0 Å². The number of nitrogens with zero attached hydrogens (tertiary/aromatic N) is 1. The summed E-state index contributed by atoms with van der Waals surface area (Å²) in [5.74, 6) is -0.512. The minimum Gasteiger partial charge on any atom is -0.456 e. The Kier molecular flexibility index (Phi) is 55.3. The van der Waals surface area contributed by atoms with Crippen LogP contribution in [0.25, 0.3) is 0 Å². The average molecular weight is 1100 g/mol. The molecule has 9 nitrogen and oxygen atoms in total. The van der Waals surface area contributed by atoms with E-state index in [9.17, 15) is 19.0 Å². The average Bonchev–Trinajstić information content (AvgIpc) is 3.39. The quantitative estimate of drug-likeness (QED) is 0.0156. The van der Waals surface area contributed by atoms with Crippen molar-refractivity contribution in [2.45, 2.75) is 315 Å². The number of unbranched alkanes of at least 4 members (excludes halogenated alkanes) is 36. The summed E-state index contributed by atoms with van der Waals surface area (Å²) >= 11 is 0. The highest BCUT2D eigenvalue weighted by molar-refractivity contribution is 7.47. The van der Waals surface area contributed by atoms with Crippen LogP contribution in [0.2, 0.25) is 0 Å². The second-order valence-electron chi connectivity index (χ2n) is 23.3. The van der Waals surface area contributed by atoms with Crippen LogP contribution in [0.4, 0.5) is 0 Å². The Bertz CT molecular complexity index is 1500. The third kappa shape index (κ3) is 58.2. The molecule has 450 valence electrons. The summed E-state index contributed by atoms with van der Waals surface area (Å²) < 4.78 is 30.7. The molecule has 0 aromatic heterocycles. The van der Waals surface area contributed by atoms with Crippen molar-refractivity contribution in [2.75, 3.05) is 40.9 Å². The zero-order chi connectivity index (χ0) is 56.4. The van der Waals surface area contributed by atoms with Gasteiger partial charge in [-0.1, -0.05) is 262 Å². The van der Waals surface area contributed by atoms with E-state index in [1.165, 1.54) is 186 Å². The first-order chi connectivity index (χ1) is 37.4. The van der Waals surface area contributed by atoms with E-state index < -0.39 is 20.0 Å². The monoisotopic (exact) mass is 1100 g/mol. The Labute approximate surface area is 477 Å². The number of esters is 1. The molecule has 0 saturated carbocycles. The van der Waals surface area contributed by atoms with E-state index in [4.69, 9.17) is 13.8 Å². The lowest BCUT2D eigenvalue weighted by atomic mass is 10.0.